The van der Waals surface area contributed by atoms with E-state index in [9.17, 15) is 0 Å². The van der Waals surface area contributed by atoms with Crippen molar-refractivity contribution in [1.82, 2.24) is 4.90 Å². The number of nitrogens with two attached hydrogens (primary N) is 1. The molecule has 1 heterocycles. The van der Waals surface area contributed by atoms with Gasteiger partial charge in [-0.05, 0) is 12.5 Å². The number of nitrogens with zero attached hydrogens (tertiary/aromatic N) is 2. The van der Waals surface area contributed by atoms with Gasteiger partial charge >= 0.3 is 0 Å². The highest BCUT2D eigenvalue weighted by molar-refractivity contribution is 5.78. The van der Waals surface area contributed by atoms with E-state index in [4.69, 9.17) is 24.7 Å². The first-order chi connectivity index (χ1) is 11.2. The monoisotopic (exact) mass is 323 g/mol. The predicted octanol–water partition coefficient (Wildman–Crippen LogP) is 0.902. The summed E-state index contributed by atoms with van der Waals surface area (Å²) >= 11 is 0. The van der Waals surface area contributed by atoms with Crippen LogP contribution in [0.4, 0.5) is 0 Å². The van der Waals surface area contributed by atoms with Crippen molar-refractivity contribution in [2.75, 3.05) is 54.2 Å². The van der Waals surface area contributed by atoms with Gasteiger partial charge in [0.25, 0.3) is 0 Å². The van der Waals surface area contributed by atoms with Crippen LogP contribution < -0.4 is 19.9 Å². The number of rotatable bonds is 6. The minimum Gasteiger partial charge on any atom is -0.493 e. The second-order valence-electron chi connectivity index (χ2n) is 5.08. The molecule has 0 atom stereocenters. The molecular formula is C16H25N3O4. The SMILES string of the molecule is COc1ccc(CCN=C(N)N2CCOCC2)c(OC)c1OC. The Morgan fingerprint density at radius 2 is 1.83 bits per heavy atom. The third-order valence-corrected chi connectivity index (χ3v) is 3.78. The van der Waals surface area contributed by atoms with Crippen molar-refractivity contribution in [2.24, 2.45) is 10.7 Å². The molecule has 1 fully saturated rings. The summed E-state index contributed by atoms with van der Waals surface area (Å²) in [4.78, 5) is 6.49. The van der Waals surface area contributed by atoms with E-state index in [2.05, 4.69) is 4.99 Å². The van der Waals surface area contributed by atoms with Crippen LogP contribution in [0.15, 0.2) is 17.1 Å². The molecule has 0 radical (unpaired) electrons. The molecular weight excluding hydrogens is 298 g/mol. The van der Waals surface area contributed by atoms with E-state index in [1.165, 1.54) is 0 Å². The van der Waals surface area contributed by atoms with E-state index in [0.29, 0.717) is 49.4 Å². The Kier molecular flexibility index (Phi) is 6.34. The van der Waals surface area contributed by atoms with Crippen LogP contribution in [-0.2, 0) is 11.2 Å². The van der Waals surface area contributed by atoms with Crippen LogP contribution in [0.25, 0.3) is 0 Å². The highest BCUT2D eigenvalue weighted by atomic mass is 16.5. The van der Waals surface area contributed by atoms with E-state index in [-0.39, 0.29) is 0 Å². The molecule has 7 nitrogen and oxygen atoms in total. The van der Waals surface area contributed by atoms with Gasteiger partial charge in [-0.1, -0.05) is 6.07 Å². The number of hydrogen-bond donors (Lipinski definition) is 1. The van der Waals surface area contributed by atoms with Crippen molar-refractivity contribution in [3.63, 3.8) is 0 Å². The van der Waals surface area contributed by atoms with Gasteiger partial charge in [0.1, 0.15) is 0 Å². The molecule has 1 saturated heterocycles. The maximum absolute atomic E-state index is 6.03. The van der Waals surface area contributed by atoms with E-state index in [1.807, 2.05) is 17.0 Å². The molecule has 0 amide bonds. The molecule has 0 spiro atoms. The molecule has 1 aromatic rings. The number of guanidine groups is 1. The third-order valence-electron chi connectivity index (χ3n) is 3.78. The van der Waals surface area contributed by atoms with Crippen molar-refractivity contribution in [3.05, 3.63) is 17.7 Å². The summed E-state index contributed by atoms with van der Waals surface area (Å²) in [6.07, 6.45) is 0.703. The fourth-order valence-electron chi connectivity index (χ4n) is 2.54. The third kappa shape index (κ3) is 4.19. The topological polar surface area (TPSA) is 78.5 Å². The molecule has 0 aliphatic carbocycles. The smallest absolute Gasteiger partial charge is 0.203 e. The van der Waals surface area contributed by atoms with E-state index in [0.717, 1.165) is 18.7 Å². The van der Waals surface area contributed by atoms with Crippen molar-refractivity contribution in [2.45, 2.75) is 6.42 Å². The van der Waals surface area contributed by atoms with E-state index in [1.54, 1.807) is 21.3 Å². The molecule has 2 N–H and O–H groups in total. The molecule has 0 saturated carbocycles. The Morgan fingerprint density at radius 3 is 2.43 bits per heavy atom. The first kappa shape index (κ1) is 17.2. The highest BCUT2D eigenvalue weighted by Crippen LogP contribution is 2.39. The first-order valence-electron chi connectivity index (χ1n) is 7.61. The summed E-state index contributed by atoms with van der Waals surface area (Å²) in [5.74, 6) is 2.47. The zero-order valence-corrected chi connectivity index (χ0v) is 14.0. The number of morpholine rings is 1. The van der Waals surface area contributed by atoms with Gasteiger partial charge < -0.3 is 29.6 Å². The fourth-order valence-corrected chi connectivity index (χ4v) is 2.54. The molecule has 1 aliphatic rings. The summed E-state index contributed by atoms with van der Waals surface area (Å²) in [6.45, 7) is 3.54. The summed E-state index contributed by atoms with van der Waals surface area (Å²) < 4.78 is 21.5. The number of aliphatic imine (C=N–C) groups is 1. The Hall–Kier alpha value is -2.15. The van der Waals surface area contributed by atoms with Crippen LogP contribution in [0, 0.1) is 0 Å². The Labute approximate surface area is 137 Å². The minimum absolute atomic E-state index is 0.563. The Bertz CT molecular complexity index is 542. The summed E-state index contributed by atoms with van der Waals surface area (Å²) in [6, 6.07) is 3.83. The van der Waals surface area contributed by atoms with Crippen LogP contribution >= 0.6 is 0 Å². The van der Waals surface area contributed by atoms with Gasteiger partial charge in [0.05, 0.1) is 34.5 Å². The molecule has 7 heteroatoms. The quantitative estimate of drug-likeness (QED) is 0.619. The summed E-state index contributed by atoms with van der Waals surface area (Å²) in [5.41, 5.74) is 7.03. The fraction of sp³-hybridized carbons (Fsp3) is 0.562. The second kappa shape index (κ2) is 8.47. The number of hydrogen-bond acceptors (Lipinski definition) is 5. The maximum Gasteiger partial charge on any atom is 0.203 e. The lowest BCUT2D eigenvalue weighted by atomic mass is 10.1. The number of ether oxygens (including phenoxy) is 4. The van der Waals surface area contributed by atoms with Crippen LogP contribution in [0.3, 0.4) is 0 Å². The molecule has 128 valence electrons. The van der Waals surface area contributed by atoms with Gasteiger partial charge in [-0.25, -0.2) is 0 Å². The van der Waals surface area contributed by atoms with Gasteiger partial charge in [-0.2, -0.15) is 0 Å². The molecule has 1 aromatic carbocycles. The van der Waals surface area contributed by atoms with Crippen molar-refractivity contribution >= 4 is 5.96 Å². The molecule has 0 aromatic heterocycles. The van der Waals surface area contributed by atoms with Crippen LogP contribution in [0.5, 0.6) is 17.2 Å². The lowest BCUT2D eigenvalue weighted by Gasteiger charge is -2.27. The normalized spacial score (nSPS) is 15.4. The van der Waals surface area contributed by atoms with E-state index < -0.39 is 0 Å². The number of methoxy groups -OCH3 is 3. The lowest BCUT2D eigenvalue weighted by Crippen LogP contribution is -2.44. The average Bonchev–Trinajstić information content (AvgIpc) is 2.61. The van der Waals surface area contributed by atoms with Crippen molar-refractivity contribution in [1.29, 1.82) is 0 Å². The molecule has 1 aliphatic heterocycles. The van der Waals surface area contributed by atoms with Gasteiger partial charge in [-0.3, -0.25) is 4.99 Å². The van der Waals surface area contributed by atoms with Crippen molar-refractivity contribution in [3.8, 4) is 17.2 Å². The lowest BCUT2D eigenvalue weighted by molar-refractivity contribution is 0.0674. The van der Waals surface area contributed by atoms with Gasteiger partial charge in [-0.15, -0.1) is 0 Å². The Morgan fingerprint density at radius 1 is 1.13 bits per heavy atom. The minimum atomic E-state index is 0.563. The first-order valence-corrected chi connectivity index (χ1v) is 7.61. The Balaban J connectivity index is 2.05. The van der Waals surface area contributed by atoms with Gasteiger partial charge in [0.2, 0.25) is 5.75 Å². The predicted molar refractivity (Wildman–Crippen MR) is 88.7 cm³/mol. The van der Waals surface area contributed by atoms with Gasteiger partial charge in [0, 0.05) is 25.2 Å². The van der Waals surface area contributed by atoms with Crippen LogP contribution in [0.2, 0.25) is 0 Å². The average molecular weight is 323 g/mol. The molecule has 23 heavy (non-hydrogen) atoms. The highest BCUT2D eigenvalue weighted by Gasteiger charge is 2.16. The molecule has 0 bridgehead atoms. The summed E-state index contributed by atoms with van der Waals surface area (Å²) in [5, 5.41) is 0. The van der Waals surface area contributed by atoms with Crippen LogP contribution in [0.1, 0.15) is 5.56 Å². The van der Waals surface area contributed by atoms with Crippen molar-refractivity contribution < 1.29 is 18.9 Å². The van der Waals surface area contributed by atoms with Gasteiger partial charge in [0.15, 0.2) is 17.5 Å². The molecule has 0 unspecified atom stereocenters. The standard InChI is InChI=1S/C16H25N3O4/c1-20-13-5-4-12(14(21-2)15(13)22-3)6-7-18-16(17)19-8-10-23-11-9-19/h4-5H,6-11H2,1-3H3,(H2,17,18). The largest absolute Gasteiger partial charge is 0.493 e. The number of benzene rings is 1. The molecule has 2 rings (SSSR count). The zero-order chi connectivity index (χ0) is 16.7. The zero-order valence-electron chi connectivity index (χ0n) is 14.0. The van der Waals surface area contributed by atoms with E-state index >= 15 is 0 Å². The maximum atomic E-state index is 6.03. The van der Waals surface area contributed by atoms with Crippen LogP contribution in [-0.4, -0.2) is 65.0 Å². The second-order valence-corrected chi connectivity index (χ2v) is 5.08. The summed E-state index contributed by atoms with van der Waals surface area (Å²) in [7, 11) is 4.81.